The van der Waals surface area contributed by atoms with Gasteiger partial charge in [-0.05, 0) is 24.3 Å². The van der Waals surface area contributed by atoms with E-state index in [0.29, 0.717) is 33.9 Å². The zero-order valence-corrected chi connectivity index (χ0v) is 14.0. The van der Waals surface area contributed by atoms with Crippen molar-refractivity contribution in [3.05, 3.63) is 47.5 Å². The normalized spacial score (nSPS) is 13.7. The number of carbonyl (C=O) groups is 1. The van der Waals surface area contributed by atoms with E-state index in [1.807, 2.05) is 18.2 Å². The molecule has 1 N–H and O–H groups in total. The summed E-state index contributed by atoms with van der Waals surface area (Å²) in [5.74, 6) is 1.40. The number of nitrogens with one attached hydrogen (secondary N) is 1. The molecule has 1 amide bonds. The topological polar surface area (TPSA) is 63.2 Å². The largest absolute Gasteiger partial charge is 0.493 e. The fourth-order valence-corrected chi connectivity index (χ4v) is 2.59. The summed E-state index contributed by atoms with van der Waals surface area (Å²) in [6.45, 7) is 0.0706. The molecule has 1 aliphatic rings. The van der Waals surface area contributed by atoms with Gasteiger partial charge in [-0.2, -0.15) is 0 Å². The van der Waals surface area contributed by atoms with Crippen LogP contribution in [0.25, 0.3) is 0 Å². The maximum Gasteiger partial charge on any atom is 0.255 e. The summed E-state index contributed by atoms with van der Waals surface area (Å²) in [6.07, 6.45) is 0. The van der Waals surface area contributed by atoms with E-state index in [4.69, 9.17) is 21.1 Å². The third-order valence-electron chi connectivity index (χ3n) is 3.57. The molecule has 2 aromatic rings. The molecule has 0 atom stereocenters. The van der Waals surface area contributed by atoms with Crippen molar-refractivity contribution >= 4 is 34.8 Å². The number of nitrogens with zero attached hydrogens (tertiary/aromatic N) is 2. The average Bonchev–Trinajstić information content (AvgIpc) is 2.96. The monoisotopic (exact) mass is 345 g/mol. The molecule has 3 rings (SSSR count). The number of hydrogen-bond donors (Lipinski definition) is 1. The first-order chi connectivity index (χ1) is 11.6. The second kappa shape index (κ2) is 6.80. The van der Waals surface area contributed by atoms with Crippen LogP contribution in [0.2, 0.25) is 5.02 Å². The van der Waals surface area contributed by atoms with E-state index in [1.54, 1.807) is 38.5 Å². The van der Waals surface area contributed by atoms with Crippen LogP contribution in [0.1, 0.15) is 0 Å². The van der Waals surface area contributed by atoms with Crippen LogP contribution in [0.4, 0.5) is 11.4 Å². The summed E-state index contributed by atoms with van der Waals surface area (Å²) in [5, 5.41) is 3.65. The third kappa shape index (κ3) is 3.00. The standard InChI is InChI=1S/C17H16ClN3O3/c1-23-14-8-7-11(9-15(14)24-2)21-16(22)10-19-17(21)20-13-6-4-3-5-12(13)18/h3-9H,10H2,1-2H3,(H,19,20). The van der Waals surface area contributed by atoms with Crippen LogP contribution in [0.5, 0.6) is 11.5 Å². The molecule has 0 fully saturated rings. The van der Waals surface area contributed by atoms with Crippen LogP contribution in [0.15, 0.2) is 47.5 Å². The van der Waals surface area contributed by atoms with Crippen molar-refractivity contribution in [3.8, 4) is 11.5 Å². The van der Waals surface area contributed by atoms with Gasteiger partial charge in [-0.25, -0.2) is 9.89 Å². The number of anilines is 2. The van der Waals surface area contributed by atoms with Crippen LogP contribution in [0, 0.1) is 0 Å². The van der Waals surface area contributed by atoms with Crippen molar-refractivity contribution in [2.75, 3.05) is 31.0 Å². The lowest BCUT2D eigenvalue weighted by Crippen LogP contribution is -2.37. The molecule has 0 saturated heterocycles. The Morgan fingerprint density at radius 2 is 1.88 bits per heavy atom. The molecule has 124 valence electrons. The van der Waals surface area contributed by atoms with E-state index >= 15 is 0 Å². The van der Waals surface area contributed by atoms with E-state index < -0.39 is 0 Å². The van der Waals surface area contributed by atoms with E-state index in [9.17, 15) is 4.79 Å². The summed E-state index contributed by atoms with van der Waals surface area (Å²) in [5.41, 5.74) is 1.31. The Labute approximate surface area is 144 Å². The highest BCUT2D eigenvalue weighted by Gasteiger charge is 2.28. The minimum Gasteiger partial charge on any atom is -0.493 e. The van der Waals surface area contributed by atoms with Crippen molar-refractivity contribution < 1.29 is 14.3 Å². The smallest absolute Gasteiger partial charge is 0.255 e. The molecule has 0 bridgehead atoms. The molecule has 0 aromatic heterocycles. The first kappa shape index (κ1) is 16.1. The van der Waals surface area contributed by atoms with Gasteiger partial charge in [0.1, 0.15) is 6.54 Å². The first-order valence-corrected chi connectivity index (χ1v) is 7.63. The minimum absolute atomic E-state index is 0.0706. The summed E-state index contributed by atoms with van der Waals surface area (Å²) < 4.78 is 10.5. The molecule has 2 aromatic carbocycles. The number of guanidine groups is 1. The number of methoxy groups -OCH3 is 2. The van der Waals surface area contributed by atoms with Crippen molar-refractivity contribution in [2.45, 2.75) is 0 Å². The second-order valence-electron chi connectivity index (χ2n) is 5.01. The Morgan fingerprint density at radius 3 is 2.58 bits per heavy atom. The Morgan fingerprint density at radius 1 is 1.12 bits per heavy atom. The zero-order valence-electron chi connectivity index (χ0n) is 13.2. The number of hydrogen-bond acceptors (Lipinski definition) is 5. The molecule has 0 aliphatic carbocycles. The van der Waals surface area contributed by atoms with Gasteiger partial charge in [0.2, 0.25) is 5.96 Å². The lowest BCUT2D eigenvalue weighted by atomic mass is 10.2. The average molecular weight is 346 g/mol. The summed E-state index contributed by atoms with van der Waals surface area (Å²) >= 11 is 6.16. The van der Waals surface area contributed by atoms with Crippen molar-refractivity contribution in [3.63, 3.8) is 0 Å². The number of rotatable bonds is 4. The summed E-state index contributed by atoms with van der Waals surface area (Å²) in [4.78, 5) is 18.0. The number of para-hydroxylation sites is 1. The highest BCUT2D eigenvalue weighted by Crippen LogP contribution is 2.33. The highest BCUT2D eigenvalue weighted by molar-refractivity contribution is 6.34. The van der Waals surface area contributed by atoms with Gasteiger partial charge in [0, 0.05) is 6.07 Å². The van der Waals surface area contributed by atoms with Crippen molar-refractivity contribution in [1.82, 2.24) is 0 Å². The van der Waals surface area contributed by atoms with Gasteiger partial charge in [-0.1, -0.05) is 23.7 Å². The molecule has 24 heavy (non-hydrogen) atoms. The lowest BCUT2D eigenvalue weighted by molar-refractivity contribution is -0.115. The predicted molar refractivity (Wildman–Crippen MR) is 94.4 cm³/mol. The molecule has 0 spiro atoms. The fourth-order valence-electron chi connectivity index (χ4n) is 2.41. The van der Waals surface area contributed by atoms with Gasteiger partial charge in [0.25, 0.3) is 5.91 Å². The SMILES string of the molecule is COc1ccc(N2C(=O)CN=C2Nc2ccccc2Cl)cc1OC. The first-order valence-electron chi connectivity index (χ1n) is 7.25. The fraction of sp³-hybridized carbons (Fsp3) is 0.176. The number of carbonyl (C=O) groups excluding carboxylic acids is 1. The number of amides is 1. The zero-order chi connectivity index (χ0) is 17.1. The Hall–Kier alpha value is -2.73. The Kier molecular flexibility index (Phi) is 4.57. The van der Waals surface area contributed by atoms with Gasteiger partial charge in [-0.3, -0.25) is 4.79 Å². The molecule has 0 radical (unpaired) electrons. The maximum atomic E-state index is 12.3. The van der Waals surface area contributed by atoms with Crippen LogP contribution in [0.3, 0.4) is 0 Å². The van der Waals surface area contributed by atoms with Crippen LogP contribution in [-0.2, 0) is 4.79 Å². The quantitative estimate of drug-likeness (QED) is 0.924. The van der Waals surface area contributed by atoms with Crippen molar-refractivity contribution in [1.29, 1.82) is 0 Å². The number of aliphatic imine (C=N–C) groups is 1. The molecule has 1 aliphatic heterocycles. The number of benzene rings is 2. The maximum absolute atomic E-state index is 12.3. The van der Waals surface area contributed by atoms with E-state index in [-0.39, 0.29) is 12.5 Å². The Balaban J connectivity index is 1.92. The molecule has 1 heterocycles. The number of ether oxygens (including phenoxy) is 2. The summed E-state index contributed by atoms with van der Waals surface area (Å²) in [6, 6.07) is 12.5. The van der Waals surface area contributed by atoms with Gasteiger partial charge in [0.05, 0.1) is 30.6 Å². The second-order valence-corrected chi connectivity index (χ2v) is 5.42. The van der Waals surface area contributed by atoms with Crippen LogP contribution in [-0.4, -0.2) is 32.6 Å². The van der Waals surface area contributed by atoms with Gasteiger partial charge in [0.15, 0.2) is 11.5 Å². The molecular weight excluding hydrogens is 330 g/mol. The Bertz CT molecular complexity index is 807. The van der Waals surface area contributed by atoms with Gasteiger partial charge < -0.3 is 14.8 Å². The molecule has 7 heteroatoms. The van der Waals surface area contributed by atoms with Crippen LogP contribution < -0.4 is 19.7 Å². The van der Waals surface area contributed by atoms with E-state index in [2.05, 4.69) is 10.3 Å². The summed E-state index contributed by atoms with van der Waals surface area (Å²) in [7, 11) is 3.11. The number of halogens is 1. The van der Waals surface area contributed by atoms with Gasteiger partial charge >= 0.3 is 0 Å². The molecule has 0 unspecified atom stereocenters. The molecule has 6 nitrogen and oxygen atoms in total. The van der Waals surface area contributed by atoms with Crippen LogP contribution >= 0.6 is 11.6 Å². The molecule has 0 saturated carbocycles. The third-order valence-corrected chi connectivity index (χ3v) is 3.90. The van der Waals surface area contributed by atoms with Gasteiger partial charge in [-0.15, -0.1) is 0 Å². The van der Waals surface area contributed by atoms with E-state index in [1.165, 1.54) is 4.90 Å². The minimum atomic E-state index is -0.142. The van der Waals surface area contributed by atoms with E-state index in [0.717, 1.165) is 0 Å². The predicted octanol–water partition coefficient (Wildman–Crippen LogP) is 3.17. The lowest BCUT2D eigenvalue weighted by Gasteiger charge is -2.21. The van der Waals surface area contributed by atoms with Crippen molar-refractivity contribution in [2.24, 2.45) is 4.99 Å². The highest BCUT2D eigenvalue weighted by atomic mass is 35.5. The molecular formula is C17H16ClN3O3.